The molecule has 8 heteroatoms. The zero-order chi connectivity index (χ0) is 19.4. The summed E-state index contributed by atoms with van der Waals surface area (Å²) in [6.45, 7) is 1.16. The Balaban J connectivity index is 2.30. The summed E-state index contributed by atoms with van der Waals surface area (Å²) in [5.41, 5.74) is 0.869. The second-order valence-corrected chi connectivity index (χ2v) is 5.90. The van der Waals surface area contributed by atoms with Crippen molar-refractivity contribution in [3.8, 4) is 0 Å². The van der Waals surface area contributed by atoms with Gasteiger partial charge in [-0.15, -0.1) is 0 Å². The van der Waals surface area contributed by atoms with Gasteiger partial charge in [-0.3, -0.25) is 14.4 Å². The van der Waals surface area contributed by atoms with Crippen molar-refractivity contribution in [2.45, 2.75) is 19.9 Å². The topological polar surface area (TPSA) is 79.6 Å². The first-order chi connectivity index (χ1) is 12.2. The molecule has 0 unspecified atom stereocenters. The number of aliphatic carboxylic acids is 1. The van der Waals surface area contributed by atoms with E-state index in [-0.39, 0.29) is 31.0 Å². The standard InChI is InChI=1S/C18H18F2N2O4/c1-11(23)13-8-16(21(2)10-13)18(26)22(6-5-17(24)25)9-12-3-4-14(19)15(20)7-12/h3-4,7-8,10H,5-6,9H2,1-2H3,(H,24,25). The quantitative estimate of drug-likeness (QED) is 0.766. The minimum atomic E-state index is -1.09. The third-order valence-electron chi connectivity index (χ3n) is 3.87. The number of Topliss-reactive ketones (excluding diaryl/α,β-unsaturated/α-hetero) is 1. The van der Waals surface area contributed by atoms with Crippen LogP contribution in [0.15, 0.2) is 30.5 Å². The molecule has 26 heavy (non-hydrogen) atoms. The third-order valence-corrected chi connectivity index (χ3v) is 3.87. The van der Waals surface area contributed by atoms with Crippen molar-refractivity contribution in [3.05, 3.63) is 58.9 Å². The molecule has 0 radical (unpaired) electrons. The van der Waals surface area contributed by atoms with Gasteiger partial charge in [0, 0.05) is 31.9 Å². The van der Waals surface area contributed by atoms with Crippen LogP contribution in [0, 0.1) is 11.6 Å². The Labute approximate surface area is 148 Å². The second kappa shape index (κ2) is 7.90. The molecule has 0 fully saturated rings. The molecule has 0 aliphatic carbocycles. The minimum Gasteiger partial charge on any atom is -0.481 e. The molecule has 0 atom stereocenters. The Bertz CT molecular complexity index is 861. The van der Waals surface area contributed by atoms with Crippen molar-refractivity contribution in [2.75, 3.05) is 6.54 Å². The van der Waals surface area contributed by atoms with Gasteiger partial charge in [0.2, 0.25) is 0 Å². The van der Waals surface area contributed by atoms with Crippen molar-refractivity contribution in [3.63, 3.8) is 0 Å². The van der Waals surface area contributed by atoms with E-state index in [1.807, 2.05) is 0 Å². The van der Waals surface area contributed by atoms with Gasteiger partial charge in [0.15, 0.2) is 17.4 Å². The molecule has 1 aromatic carbocycles. The van der Waals surface area contributed by atoms with Crippen LogP contribution in [0.1, 0.15) is 39.8 Å². The molecule has 6 nitrogen and oxygen atoms in total. The Hall–Kier alpha value is -3.03. The lowest BCUT2D eigenvalue weighted by atomic mass is 10.1. The molecule has 0 aliphatic rings. The lowest BCUT2D eigenvalue weighted by Gasteiger charge is -2.22. The Morgan fingerprint density at radius 2 is 1.85 bits per heavy atom. The number of rotatable bonds is 7. The van der Waals surface area contributed by atoms with E-state index in [4.69, 9.17) is 5.11 Å². The number of nitrogens with zero attached hydrogens (tertiary/aromatic N) is 2. The lowest BCUT2D eigenvalue weighted by Crippen LogP contribution is -2.33. The summed E-state index contributed by atoms with van der Waals surface area (Å²) < 4.78 is 28.0. The highest BCUT2D eigenvalue weighted by Gasteiger charge is 2.21. The van der Waals surface area contributed by atoms with Crippen molar-refractivity contribution < 1.29 is 28.3 Å². The summed E-state index contributed by atoms with van der Waals surface area (Å²) >= 11 is 0. The number of aryl methyl sites for hydroxylation is 1. The predicted molar refractivity (Wildman–Crippen MR) is 88.8 cm³/mol. The molecule has 0 aliphatic heterocycles. The monoisotopic (exact) mass is 364 g/mol. The zero-order valence-corrected chi connectivity index (χ0v) is 14.3. The van der Waals surface area contributed by atoms with Crippen molar-refractivity contribution in [1.82, 2.24) is 9.47 Å². The normalized spacial score (nSPS) is 10.6. The summed E-state index contributed by atoms with van der Waals surface area (Å²) in [7, 11) is 1.59. The molecule has 1 aromatic heterocycles. The fraction of sp³-hybridized carbons (Fsp3) is 0.278. The highest BCUT2D eigenvalue weighted by Crippen LogP contribution is 2.16. The van der Waals surface area contributed by atoms with E-state index < -0.39 is 23.5 Å². The van der Waals surface area contributed by atoms with E-state index in [0.717, 1.165) is 12.1 Å². The number of halogens is 2. The summed E-state index contributed by atoms with van der Waals surface area (Å²) in [5, 5.41) is 8.90. The Kier molecular flexibility index (Phi) is 5.86. The summed E-state index contributed by atoms with van der Waals surface area (Å²) in [6.07, 6.45) is 1.20. The van der Waals surface area contributed by atoms with Crippen LogP contribution in [0.3, 0.4) is 0 Å². The Morgan fingerprint density at radius 1 is 1.15 bits per heavy atom. The van der Waals surface area contributed by atoms with Gasteiger partial charge >= 0.3 is 5.97 Å². The number of amides is 1. The van der Waals surface area contributed by atoms with Gasteiger partial charge in [-0.1, -0.05) is 6.07 Å². The van der Waals surface area contributed by atoms with Gasteiger partial charge in [-0.2, -0.15) is 0 Å². The molecule has 0 bridgehead atoms. The molecular weight excluding hydrogens is 346 g/mol. The van der Waals surface area contributed by atoms with E-state index in [1.54, 1.807) is 7.05 Å². The molecule has 0 saturated heterocycles. The molecular formula is C18H18F2N2O4. The molecule has 2 aromatic rings. The van der Waals surface area contributed by atoms with E-state index in [0.29, 0.717) is 11.1 Å². The number of carboxylic acids is 1. The molecule has 1 N–H and O–H groups in total. The van der Waals surface area contributed by atoms with Gasteiger partial charge in [0.1, 0.15) is 5.69 Å². The zero-order valence-electron chi connectivity index (χ0n) is 14.3. The third kappa shape index (κ3) is 4.53. The lowest BCUT2D eigenvalue weighted by molar-refractivity contribution is -0.137. The second-order valence-electron chi connectivity index (χ2n) is 5.90. The van der Waals surface area contributed by atoms with Gasteiger partial charge in [-0.05, 0) is 30.7 Å². The first kappa shape index (κ1) is 19.3. The minimum absolute atomic E-state index is 0.0934. The average Bonchev–Trinajstić information content (AvgIpc) is 2.96. The van der Waals surface area contributed by atoms with Gasteiger partial charge in [-0.25, -0.2) is 8.78 Å². The largest absolute Gasteiger partial charge is 0.481 e. The molecule has 1 amide bonds. The molecule has 0 spiro atoms. The van der Waals surface area contributed by atoms with Gasteiger partial charge in [0.05, 0.1) is 6.42 Å². The van der Waals surface area contributed by atoms with Crippen LogP contribution >= 0.6 is 0 Å². The van der Waals surface area contributed by atoms with E-state index >= 15 is 0 Å². The smallest absolute Gasteiger partial charge is 0.305 e. The highest BCUT2D eigenvalue weighted by molar-refractivity contribution is 5.99. The number of hydrogen-bond donors (Lipinski definition) is 1. The van der Waals surface area contributed by atoms with E-state index in [2.05, 4.69) is 0 Å². The number of ketones is 1. The summed E-state index contributed by atoms with van der Waals surface area (Å²) in [5.74, 6) is -3.87. The molecule has 138 valence electrons. The first-order valence-corrected chi connectivity index (χ1v) is 7.81. The van der Waals surface area contributed by atoms with Crippen molar-refractivity contribution >= 4 is 17.7 Å². The first-order valence-electron chi connectivity index (χ1n) is 7.81. The maximum absolute atomic E-state index is 13.4. The number of benzene rings is 1. The average molecular weight is 364 g/mol. The Morgan fingerprint density at radius 3 is 2.38 bits per heavy atom. The van der Waals surface area contributed by atoms with Crippen LogP contribution in [-0.2, 0) is 18.4 Å². The van der Waals surface area contributed by atoms with Crippen LogP contribution in [-0.4, -0.2) is 38.8 Å². The number of carbonyl (C=O) groups excluding carboxylic acids is 2. The van der Waals surface area contributed by atoms with Crippen LogP contribution in [0.25, 0.3) is 0 Å². The van der Waals surface area contributed by atoms with E-state index in [9.17, 15) is 23.2 Å². The molecule has 0 saturated carbocycles. The molecule has 1 heterocycles. The fourth-order valence-corrected chi connectivity index (χ4v) is 2.47. The van der Waals surface area contributed by atoms with E-state index in [1.165, 1.54) is 34.7 Å². The summed E-state index contributed by atoms with van der Waals surface area (Å²) in [4.78, 5) is 36.4. The fourth-order valence-electron chi connectivity index (χ4n) is 2.47. The van der Waals surface area contributed by atoms with Gasteiger partial charge < -0.3 is 14.6 Å². The van der Waals surface area contributed by atoms with Crippen LogP contribution in [0.5, 0.6) is 0 Å². The number of carbonyl (C=O) groups is 3. The maximum Gasteiger partial charge on any atom is 0.305 e. The number of carboxylic acid groups (broad SMARTS) is 1. The van der Waals surface area contributed by atoms with Crippen molar-refractivity contribution in [2.24, 2.45) is 7.05 Å². The van der Waals surface area contributed by atoms with Crippen LogP contribution < -0.4 is 0 Å². The SMILES string of the molecule is CC(=O)c1cc(C(=O)N(CCC(=O)O)Cc2ccc(F)c(F)c2)n(C)c1. The number of hydrogen-bond acceptors (Lipinski definition) is 3. The predicted octanol–water partition coefficient (Wildman–Crippen LogP) is 2.62. The van der Waals surface area contributed by atoms with Crippen LogP contribution in [0.4, 0.5) is 8.78 Å². The van der Waals surface area contributed by atoms with Crippen molar-refractivity contribution in [1.29, 1.82) is 0 Å². The van der Waals surface area contributed by atoms with Crippen LogP contribution in [0.2, 0.25) is 0 Å². The van der Waals surface area contributed by atoms with Gasteiger partial charge in [0.25, 0.3) is 5.91 Å². The summed E-state index contributed by atoms with van der Waals surface area (Å²) in [6, 6.07) is 4.65. The highest BCUT2D eigenvalue weighted by atomic mass is 19.2. The molecule has 2 rings (SSSR count). The number of aromatic nitrogens is 1. The maximum atomic E-state index is 13.4.